The Labute approximate surface area is 258 Å². The first kappa shape index (κ1) is 36.0. The summed E-state index contributed by atoms with van der Waals surface area (Å²) >= 11 is 0. The number of rotatable bonds is 12. The first-order chi connectivity index (χ1) is 21.2. The summed E-state index contributed by atoms with van der Waals surface area (Å²) in [6, 6.07) is -5.08. The third-order valence-electron chi connectivity index (χ3n) is 8.68. The molecule has 20 nitrogen and oxygen atoms in total. The lowest BCUT2D eigenvalue weighted by Gasteiger charge is -2.48. The molecule has 0 aromatic rings. The second kappa shape index (κ2) is 14.9. The molecule has 0 aromatic carbocycles. The average Bonchev–Trinajstić information content (AvgIpc) is 3.64. The standard InChI is InChI=1S/C25H48N8O12/c26-8-3-10(32-23(40)25(41)5-14(25)33-24(29)30)20(45-22-17(38)15(28)16(37)13(7-35)43-22)18(39)19(8)44-21-9(27)4-11(36)12(42-21)6-31-1-2-34/h8-22,31,34-39,41H,1-7,26-28H2,(H,32,40)(H4,29,30,33)/t8-,9+,10+,11-,12+,13+,14?,15-,16+,17+,18-,19?,20-,21+,22+,25?/m0/s1. The molecule has 1 amide bonds. The van der Waals surface area contributed by atoms with Gasteiger partial charge in [0, 0.05) is 25.6 Å². The number of carbonyl (C=O) groups is 1. The lowest BCUT2D eigenvalue weighted by Crippen LogP contribution is -2.69. The van der Waals surface area contributed by atoms with Crippen LogP contribution in [0.3, 0.4) is 0 Å². The van der Waals surface area contributed by atoms with Gasteiger partial charge in [-0.05, 0) is 12.8 Å². The molecule has 2 saturated carbocycles. The van der Waals surface area contributed by atoms with Crippen molar-refractivity contribution in [3.63, 3.8) is 0 Å². The van der Waals surface area contributed by atoms with E-state index in [9.17, 15) is 35.4 Å². The number of aliphatic hydroxyl groups excluding tert-OH is 6. The molecule has 2 heterocycles. The van der Waals surface area contributed by atoms with Gasteiger partial charge in [-0.3, -0.25) is 4.79 Å². The Morgan fingerprint density at radius 2 is 1.58 bits per heavy atom. The first-order valence-electron chi connectivity index (χ1n) is 14.9. The van der Waals surface area contributed by atoms with E-state index in [-0.39, 0.29) is 44.9 Å². The van der Waals surface area contributed by atoms with Crippen molar-refractivity contribution in [2.45, 2.75) is 116 Å². The van der Waals surface area contributed by atoms with Gasteiger partial charge in [-0.15, -0.1) is 0 Å². The number of ether oxygens (including phenoxy) is 4. The molecule has 2 aliphatic heterocycles. The van der Waals surface area contributed by atoms with E-state index in [1.54, 1.807) is 0 Å². The van der Waals surface area contributed by atoms with Crippen molar-refractivity contribution in [2.75, 3.05) is 26.3 Å². The molecule has 16 atom stereocenters. The van der Waals surface area contributed by atoms with Gasteiger partial charge in [0.05, 0.1) is 49.6 Å². The highest BCUT2D eigenvalue weighted by molar-refractivity contribution is 5.90. The Kier molecular flexibility index (Phi) is 11.9. The molecule has 20 heteroatoms. The Balaban J connectivity index is 1.54. The van der Waals surface area contributed by atoms with Crippen molar-refractivity contribution in [1.29, 1.82) is 0 Å². The minimum Gasteiger partial charge on any atom is -0.395 e. The second-order valence-corrected chi connectivity index (χ2v) is 12.1. The summed E-state index contributed by atoms with van der Waals surface area (Å²) in [4.78, 5) is 17.0. The van der Waals surface area contributed by atoms with Gasteiger partial charge in [0.1, 0.15) is 36.6 Å². The van der Waals surface area contributed by atoms with Crippen LogP contribution < -0.4 is 39.3 Å². The first-order valence-corrected chi connectivity index (χ1v) is 14.9. The Hall–Kier alpha value is -1.86. The summed E-state index contributed by atoms with van der Waals surface area (Å²) in [6.07, 6.45) is -13.1. The van der Waals surface area contributed by atoms with E-state index in [0.29, 0.717) is 0 Å². The van der Waals surface area contributed by atoms with Crippen LogP contribution in [0.5, 0.6) is 0 Å². The quantitative estimate of drug-likeness (QED) is 0.0528. The number of aliphatic hydroxyl groups is 7. The Morgan fingerprint density at radius 3 is 2.22 bits per heavy atom. The van der Waals surface area contributed by atoms with Crippen molar-refractivity contribution >= 4 is 11.9 Å². The maximum absolute atomic E-state index is 13.1. The van der Waals surface area contributed by atoms with Crippen LogP contribution in [0.25, 0.3) is 0 Å². The molecule has 19 N–H and O–H groups in total. The van der Waals surface area contributed by atoms with Crippen molar-refractivity contribution in [3.8, 4) is 0 Å². The number of hydrogen-bond donors (Lipinski definition) is 14. The van der Waals surface area contributed by atoms with Crippen molar-refractivity contribution in [2.24, 2.45) is 33.7 Å². The number of carbonyl (C=O) groups excluding carboxylic acids is 1. The molecule has 0 radical (unpaired) electrons. The highest BCUT2D eigenvalue weighted by Gasteiger charge is 2.61. The largest absolute Gasteiger partial charge is 0.395 e. The second-order valence-electron chi connectivity index (χ2n) is 12.1. The van der Waals surface area contributed by atoms with Crippen LogP contribution >= 0.6 is 0 Å². The van der Waals surface area contributed by atoms with Crippen LogP contribution in [-0.4, -0.2) is 171 Å². The van der Waals surface area contributed by atoms with E-state index in [1.165, 1.54) is 0 Å². The minimum absolute atomic E-state index is 0.0677. The summed E-state index contributed by atoms with van der Waals surface area (Å²) in [5, 5.41) is 78.0. The van der Waals surface area contributed by atoms with Gasteiger partial charge in [-0.25, -0.2) is 4.99 Å². The van der Waals surface area contributed by atoms with Gasteiger partial charge < -0.3 is 94.0 Å². The van der Waals surface area contributed by atoms with E-state index in [0.717, 1.165) is 0 Å². The third-order valence-corrected chi connectivity index (χ3v) is 8.68. The smallest absolute Gasteiger partial charge is 0.254 e. The number of aliphatic imine (C=N–C) groups is 1. The van der Waals surface area contributed by atoms with E-state index in [4.69, 9.17) is 52.7 Å². The molecule has 2 saturated heterocycles. The predicted octanol–water partition coefficient (Wildman–Crippen LogP) is -8.74. The number of amides is 1. The number of nitrogens with zero attached hydrogens (tertiary/aromatic N) is 1. The van der Waals surface area contributed by atoms with Gasteiger partial charge in [0.2, 0.25) is 0 Å². The monoisotopic (exact) mass is 652 g/mol. The molecular weight excluding hydrogens is 604 g/mol. The van der Waals surface area contributed by atoms with Crippen LogP contribution in [0.4, 0.5) is 0 Å². The fourth-order valence-corrected chi connectivity index (χ4v) is 5.93. The fourth-order valence-electron chi connectivity index (χ4n) is 5.93. The number of hydrogen-bond acceptors (Lipinski definition) is 17. The van der Waals surface area contributed by atoms with E-state index in [1.807, 2.05) is 0 Å². The molecular formula is C25H48N8O12. The highest BCUT2D eigenvalue weighted by atomic mass is 16.7. The summed E-state index contributed by atoms with van der Waals surface area (Å²) < 4.78 is 23.5. The zero-order valence-corrected chi connectivity index (χ0v) is 24.6. The topological polar surface area (TPSA) is 362 Å². The molecule has 0 spiro atoms. The molecule has 0 bridgehead atoms. The molecule has 3 unspecified atom stereocenters. The molecule has 0 aromatic heterocycles. The molecule has 45 heavy (non-hydrogen) atoms. The van der Waals surface area contributed by atoms with E-state index >= 15 is 0 Å². The van der Waals surface area contributed by atoms with Crippen molar-refractivity contribution in [3.05, 3.63) is 0 Å². The summed E-state index contributed by atoms with van der Waals surface area (Å²) in [5.74, 6) is -1.19. The van der Waals surface area contributed by atoms with Crippen LogP contribution in [0, 0.1) is 0 Å². The van der Waals surface area contributed by atoms with E-state index < -0.39 is 110 Å². The summed E-state index contributed by atoms with van der Waals surface area (Å²) in [6.45, 7) is -0.357. The van der Waals surface area contributed by atoms with Crippen LogP contribution in [-0.2, 0) is 23.7 Å². The maximum Gasteiger partial charge on any atom is 0.254 e. The third kappa shape index (κ3) is 8.00. The zero-order valence-electron chi connectivity index (χ0n) is 24.6. The van der Waals surface area contributed by atoms with Gasteiger partial charge >= 0.3 is 0 Å². The molecule has 4 fully saturated rings. The fraction of sp³-hybridized carbons (Fsp3) is 0.920. The number of nitrogens with two attached hydrogens (primary N) is 5. The predicted molar refractivity (Wildman–Crippen MR) is 152 cm³/mol. The minimum atomic E-state index is -1.94. The number of nitrogens with one attached hydrogen (secondary N) is 2. The Morgan fingerprint density at radius 1 is 0.911 bits per heavy atom. The van der Waals surface area contributed by atoms with Crippen molar-refractivity contribution < 1.29 is 59.5 Å². The normalized spacial score (nSPS) is 46.8. The lowest BCUT2D eigenvalue weighted by atomic mass is 9.83. The average molecular weight is 653 g/mol. The molecule has 260 valence electrons. The highest BCUT2D eigenvalue weighted by Crippen LogP contribution is 2.40. The van der Waals surface area contributed by atoms with Crippen LogP contribution in [0.2, 0.25) is 0 Å². The number of guanidine groups is 1. The summed E-state index contributed by atoms with van der Waals surface area (Å²) in [7, 11) is 0. The van der Waals surface area contributed by atoms with Crippen molar-refractivity contribution in [1.82, 2.24) is 10.6 Å². The molecule has 4 aliphatic rings. The molecule has 2 aliphatic carbocycles. The lowest BCUT2D eigenvalue weighted by molar-refractivity contribution is -0.316. The van der Waals surface area contributed by atoms with Gasteiger partial charge in [0.15, 0.2) is 24.1 Å². The van der Waals surface area contributed by atoms with Crippen LogP contribution in [0.1, 0.15) is 19.3 Å². The van der Waals surface area contributed by atoms with Crippen LogP contribution in [0.15, 0.2) is 4.99 Å². The SMILES string of the molecule is NC(N)=NC1CC1(O)C(=O)N[C@@H]1C[C@H](N)C(O[C@H]2O[C@H](CNCCO)[C@@H](O)C[C@H]2N)[C@H](O)[C@H]1O[C@H]1O[C@H](CO)[C@@H](O)[C@H](N)[C@H]1O. The maximum atomic E-state index is 13.1. The van der Waals surface area contributed by atoms with Gasteiger partial charge in [-0.1, -0.05) is 0 Å². The van der Waals surface area contributed by atoms with Gasteiger partial charge in [0.25, 0.3) is 5.91 Å². The van der Waals surface area contributed by atoms with E-state index in [2.05, 4.69) is 15.6 Å². The molecule has 4 rings (SSSR count). The zero-order chi connectivity index (χ0) is 33.2. The Bertz CT molecular complexity index is 1030. The van der Waals surface area contributed by atoms with Gasteiger partial charge in [-0.2, -0.15) is 0 Å². The summed E-state index contributed by atoms with van der Waals surface area (Å²) in [5.41, 5.74) is 27.4.